The second kappa shape index (κ2) is 9.80. The molecule has 0 aliphatic heterocycles. The van der Waals surface area contributed by atoms with Crippen LogP contribution in [0.2, 0.25) is 0 Å². The minimum absolute atomic E-state index is 0. The van der Waals surface area contributed by atoms with Crippen LogP contribution in [0, 0.1) is 6.92 Å². The van der Waals surface area contributed by atoms with Crippen LogP contribution in [-0.4, -0.2) is 38.5 Å². The van der Waals surface area contributed by atoms with Gasteiger partial charge in [-0.25, -0.2) is 0 Å². The van der Waals surface area contributed by atoms with Crippen LogP contribution in [-0.2, 0) is 6.54 Å². The molecule has 0 spiro atoms. The van der Waals surface area contributed by atoms with E-state index in [9.17, 15) is 0 Å². The zero-order valence-electron chi connectivity index (χ0n) is 16.2. The number of hydrogen-bond acceptors (Lipinski definition) is 4. The third-order valence-electron chi connectivity index (χ3n) is 4.54. The summed E-state index contributed by atoms with van der Waals surface area (Å²) in [7, 11) is 5.82. The first-order chi connectivity index (χ1) is 12.6. The number of aliphatic imine (C=N–C) groups is 1. The van der Waals surface area contributed by atoms with Crippen molar-refractivity contribution in [1.29, 1.82) is 0 Å². The highest BCUT2D eigenvalue weighted by molar-refractivity contribution is 14.0. The van der Waals surface area contributed by atoms with Crippen molar-refractivity contribution in [3.05, 3.63) is 59.7 Å². The van der Waals surface area contributed by atoms with Gasteiger partial charge >= 0.3 is 0 Å². The van der Waals surface area contributed by atoms with Gasteiger partial charge < -0.3 is 19.5 Å². The normalized spacial score (nSPS) is 12.9. The number of benzene rings is 1. The summed E-state index contributed by atoms with van der Waals surface area (Å²) >= 11 is 0. The summed E-state index contributed by atoms with van der Waals surface area (Å²) < 4.78 is 11.5. The van der Waals surface area contributed by atoms with E-state index in [0.717, 1.165) is 34.0 Å². The van der Waals surface area contributed by atoms with Crippen molar-refractivity contribution in [2.75, 3.05) is 27.7 Å². The first-order valence-corrected chi connectivity index (χ1v) is 8.71. The highest BCUT2D eigenvalue weighted by Crippen LogP contribution is 2.24. The molecule has 6 nitrogen and oxygen atoms in total. The first kappa shape index (κ1) is 21.3. The summed E-state index contributed by atoms with van der Waals surface area (Å²) in [6.45, 7) is 3.34. The Kier molecular flexibility index (Phi) is 7.73. The van der Waals surface area contributed by atoms with Gasteiger partial charge in [0, 0.05) is 24.5 Å². The molecule has 3 aromatic rings. The molecular weight excluding hydrogens is 455 g/mol. The zero-order chi connectivity index (χ0) is 18.5. The largest absolute Gasteiger partial charge is 0.468 e. The van der Waals surface area contributed by atoms with Crippen molar-refractivity contribution < 1.29 is 8.83 Å². The summed E-state index contributed by atoms with van der Waals surface area (Å²) in [6.07, 6.45) is 1.70. The third kappa shape index (κ3) is 5.04. The van der Waals surface area contributed by atoms with Crippen LogP contribution in [0.25, 0.3) is 11.0 Å². The number of halogens is 1. The highest BCUT2D eigenvalue weighted by atomic mass is 127. The monoisotopic (exact) mass is 482 g/mol. The summed E-state index contributed by atoms with van der Waals surface area (Å²) in [6, 6.07) is 12.1. The molecule has 2 heterocycles. The fraction of sp³-hybridized carbons (Fsp3) is 0.350. The molecule has 0 radical (unpaired) electrons. The van der Waals surface area contributed by atoms with E-state index in [2.05, 4.69) is 33.5 Å². The minimum Gasteiger partial charge on any atom is -0.468 e. The molecule has 1 unspecified atom stereocenters. The molecule has 1 atom stereocenters. The van der Waals surface area contributed by atoms with Gasteiger partial charge in [-0.15, -0.1) is 24.0 Å². The van der Waals surface area contributed by atoms with Gasteiger partial charge in [0.1, 0.15) is 17.1 Å². The van der Waals surface area contributed by atoms with Crippen LogP contribution < -0.4 is 10.6 Å². The van der Waals surface area contributed by atoms with E-state index in [-0.39, 0.29) is 30.0 Å². The Hall–Kier alpha value is -2.00. The topological polar surface area (TPSA) is 65.9 Å². The van der Waals surface area contributed by atoms with Crippen LogP contribution in [0.1, 0.15) is 23.1 Å². The number of likely N-dealkylation sites (N-methyl/N-ethyl adjacent to an activating group) is 1. The Morgan fingerprint density at radius 3 is 2.56 bits per heavy atom. The van der Waals surface area contributed by atoms with E-state index in [4.69, 9.17) is 8.83 Å². The Morgan fingerprint density at radius 2 is 1.93 bits per heavy atom. The van der Waals surface area contributed by atoms with Gasteiger partial charge in [-0.3, -0.25) is 9.89 Å². The van der Waals surface area contributed by atoms with Gasteiger partial charge in [0.25, 0.3) is 0 Å². The number of aryl methyl sites for hydroxylation is 1. The first-order valence-electron chi connectivity index (χ1n) is 8.71. The molecule has 0 bridgehead atoms. The Balaban J connectivity index is 0.00000261. The fourth-order valence-electron chi connectivity index (χ4n) is 2.99. The van der Waals surface area contributed by atoms with E-state index in [1.54, 1.807) is 13.3 Å². The number of para-hydroxylation sites is 1. The quantitative estimate of drug-likeness (QED) is 0.317. The van der Waals surface area contributed by atoms with Crippen LogP contribution in [0.3, 0.4) is 0 Å². The Morgan fingerprint density at radius 1 is 1.15 bits per heavy atom. The lowest BCUT2D eigenvalue weighted by atomic mass is 10.1. The second-order valence-corrected chi connectivity index (χ2v) is 6.45. The molecule has 1 aromatic carbocycles. The lowest BCUT2D eigenvalue weighted by Gasteiger charge is -2.23. The van der Waals surface area contributed by atoms with Gasteiger partial charge in [0.15, 0.2) is 5.96 Å². The van der Waals surface area contributed by atoms with Crippen molar-refractivity contribution in [2.24, 2.45) is 4.99 Å². The standard InChI is InChI=1S/C20H26N4O2.HI/c1-14-15-8-5-6-9-17(15)26-19(14)13-23-20(21-2)22-12-16(24(3)4)18-10-7-11-25-18;/h5-11,16H,12-13H2,1-4H3,(H2,21,22,23);1H. The molecule has 0 amide bonds. The van der Waals surface area contributed by atoms with E-state index in [0.29, 0.717) is 13.1 Å². The molecule has 7 heteroatoms. The van der Waals surface area contributed by atoms with E-state index in [1.165, 1.54) is 0 Å². The van der Waals surface area contributed by atoms with Crippen molar-refractivity contribution in [3.8, 4) is 0 Å². The van der Waals surface area contributed by atoms with Crippen LogP contribution in [0.15, 0.2) is 56.5 Å². The zero-order valence-corrected chi connectivity index (χ0v) is 18.5. The lowest BCUT2D eigenvalue weighted by molar-refractivity contribution is 0.258. The molecule has 146 valence electrons. The molecular formula is C20H27IN4O2. The van der Waals surface area contributed by atoms with Crippen molar-refractivity contribution >= 4 is 40.9 Å². The summed E-state index contributed by atoms with van der Waals surface area (Å²) in [4.78, 5) is 6.42. The summed E-state index contributed by atoms with van der Waals surface area (Å²) in [5, 5.41) is 7.83. The van der Waals surface area contributed by atoms with Crippen LogP contribution in [0.5, 0.6) is 0 Å². The number of nitrogens with one attached hydrogen (secondary N) is 2. The number of hydrogen-bond donors (Lipinski definition) is 2. The number of fused-ring (bicyclic) bond motifs is 1. The number of guanidine groups is 1. The number of nitrogens with zero attached hydrogens (tertiary/aromatic N) is 2. The van der Waals surface area contributed by atoms with Gasteiger partial charge in [-0.1, -0.05) is 18.2 Å². The molecule has 0 saturated heterocycles. The Bertz CT molecular complexity index is 871. The maximum Gasteiger partial charge on any atom is 0.191 e. The van der Waals surface area contributed by atoms with Crippen molar-refractivity contribution in [3.63, 3.8) is 0 Å². The minimum atomic E-state index is 0. The van der Waals surface area contributed by atoms with E-state index in [1.807, 2.05) is 44.4 Å². The SMILES string of the molecule is CN=C(NCc1oc2ccccc2c1C)NCC(c1ccco1)N(C)C.I. The molecule has 27 heavy (non-hydrogen) atoms. The molecule has 2 N–H and O–H groups in total. The number of rotatable bonds is 6. The second-order valence-electron chi connectivity index (χ2n) is 6.45. The molecule has 0 aliphatic carbocycles. The van der Waals surface area contributed by atoms with Gasteiger partial charge in [-0.2, -0.15) is 0 Å². The van der Waals surface area contributed by atoms with Crippen LogP contribution in [0.4, 0.5) is 0 Å². The average molecular weight is 482 g/mol. The number of furan rings is 2. The van der Waals surface area contributed by atoms with E-state index < -0.39 is 0 Å². The maximum atomic E-state index is 5.95. The average Bonchev–Trinajstić information content (AvgIpc) is 3.27. The van der Waals surface area contributed by atoms with E-state index >= 15 is 0 Å². The van der Waals surface area contributed by atoms with Gasteiger partial charge in [0.05, 0.1) is 18.8 Å². The lowest BCUT2D eigenvalue weighted by Crippen LogP contribution is -2.41. The Labute approximate surface area is 177 Å². The molecule has 0 saturated carbocycles. The van der Waals surface area contributed by atoms with Gasteiger partial charge in [0.2, 0.25) is 0 Å². The summed E-state index contributed by atoms with van der Waals surface area (Å²) in [5.74, 6) is 2.57. The highest BCUT2D eigenvalue weighted by Gasteiger charge is 2.17. The van der Waals surface area contributed by atoms with Crippen LogP contribution >= 0.6 is 24.0 Å². The van der Waals surface area contributed by atoms with Crippen molar-refractivity contribution in [1.82, 2.24) is 15.5 Å². The van der Waals surface area contributed by atoms with Crippen molar-refractivity contribution in [2.45, 2.75) is 19.5 Å². The third-order valence-corrected chi connectivity index (χ3v) is 4.54. The molecule has 0 fully saturated rings. The molecule has 3 rings (SSSR count). The smallest absolute Gasteiger partial charge is 0.191 e. The maximum absolute atomic E-state index is 5.95. The summed E-state index contributed by atoms with van der Waals surface area (Å²) in [5.41, 5.74) is 2.07. The molecule has 0 aliphatic rings. The molecule has 2 aromatic heterocycles. The predicted octanol–water partition coefficient (Wildman–Crippen LogP) is 3.92. The fourth-order valence-corrected chi connectivity index (χ4v) is 2.99. The predicted molar refractivity (Wildman–Crippen MR) is 120 cm³/mol. The van der Waals surface area contributed by atoms with Gasteiger partial charge in [-0.05, 0) is 39.2 Å².